The number of piperazine rings is 1. The van der Waals surface area contributed by atoms with Crippen molar-refractivity contribution in [3.63, 3.8) is 0 Å². The zero-order valence-electron chi connectivity index (χ0n) is 16.6. The van der Waals surface area contributed by atoms with Crippen molar-refractivity contribution >= 4 is 38.6 Å². The lowest BCUT2D eigenvalue weighted by atomic mass is 10.3. The van der Waals surface area contributed by atoms with E-state index in [1.54, 1.807) is 16.8 Å². The summed E-state index contributed by atoms with van der Waals surface area (Å²) in [7, 11) is -3.92. The second-order valence-electron chi connectivity index (χ2n) is 7.17. The number of nitrogens with zero attached hydrogens (tertiary/aromatic N) is 7. The van der Waals surface area contributed by atoms with Crippen LogP contribution in [0.3, 0.4) is 0 Å². The third kappa shape index (κ3) is 3.57. The Morgan fingerprint density at radius 1 is 0.938 bits per heavy atom. The van der Waals surface area contributed by atoms with Crippen molar-refractivity contribution < 1.29 is 12.8 Å². The average Bonchev–Trinajstić information content (AvgIpc) is 3.24. The van der Waals surface area contributed by atoms with Crippen LogP contribution < -0.4 is 4.90 Å². The average molecular weight is 474 g/mol. The molecule has 12 heteroatoms. The highest BCUT2D eigenvalue weighted by atomic mass is 35.5. The Labute approximate surface area is 188 Å². The molecule has 1 aliphatic heterocycles. The van der Waals surface area contributed by atoms with Crippen molar-refractivity contribution in [1.82, 2.24) is 29.3 Å². The lowest BCUT2D eigenvalue weighted by molar-refractivity contribution is 0.381. The van der Waals surface area contributed by atoms with E-state index in [2.05, 4.69) is 20.3 Å². The molecule has 0 N–H and O–H groups in total. The molecule has 0 unspecified atom stereocenters. The summed E-state index contributed by atoms with van der Waals surface area (Å²) in [5, 5.41) is 9.06. The number of halogens is 2. The fourth-order valence-electron chi connectivity index (χ4n) is 3.66. The summed E-state index contributed by atoms with van der Waals surface area (Å²) in [6.45, 7) is 1.11. The molecule has 0 aliphatic carbocycles. The zero-order valence-corrected chi connectivity index (χ0v) is 18.2. The number of benzene rings is 2. The highest BCUT2D eigenvalue weighted by molar-refractivity contribution is 7.89. The number of hydrogen-bond donors (Lipinski definition) is 0. The van der Waals surface area contributed by atoms with Gasteiger partial charge in [0.15, 0.2) is 17.0 Å². The first kappa shape index (κ1) is 20.7. The summed E-state index contributed by atoms with van der Waals surface area (Å²) >= 11 is 5.96. The molecule has 1 fully saturated rings. The van der Waals surface area contributed by atoms with Gasteiger partial charge >= 0.3 is 0 Å². The van der Waals surface area contributed by atoms with E-state index in [1.807, 2.05) is 17.0 Å². The van der Waals surface area contributed by atoms with Crippen LogP contribution in [0.4, 0.5) is 10.2 Å². The maximum atomic E-state index is 14.1. The summed E-state index contributed by atoms with van der Waals surface area (Å²) in [5.41, 5.74) is 1.79. The molecule has 0 saturated carbocycles. The van der Waals surface area contributed by atoms with Crippen molar-refractivity contribution in [2.75, 3.05) is 31.1 Å². The molecule has 2 aromatic carbocycles. The molecule has 1 saturated heterocycles. The first-order valence-corrected chi connectivity index (χ1v) is 11.6. The quantitative estimate of drug-likeness (QED) is 0.449. The number of aromatic nitrogens is 5. The van der Waals surface area contributed by atoms with E-state index < -0.39 is 15.8 Å². The van der Waals surface area contributed by atoms with Crippen molar-refractivity contribution in [2.45, 2.75) is 4.90 Å². The van der Waals surface area contributed by atoms with Gasteiger partial charge in [-0.05, 0) is 36.4 Å². The number of sulfonamides is 1. The standard InChI is InChI=1S/C20H17ClFN7O2S/c21-14-5-7-15(8-6-14)29-20-18(25-26-29)19(23-13-24-20)27-9-11-28(12-10-27)32(30,31)17-4-2-1-3-16(17)22/h1-8,13H,9-12H2. The molecule has 32 heavy (non-hydrogen) atoms. The molecule has 0 atom stereocenters. The Hall–Kier alpha value is -3.15. The van der Waals surface area contributed by atoms with E-state index in [4.69, 9.17) is 11.6 Å². The van der Waals surface area contributed by atoms with Gasteiger partial charge in [-0.25, -0.2) is 22.8 Å². The van der Waals surface area contributed by atoms with E-state index in [0.29, 0.717) is 35.1 Å². The molecule has 0 spiro atoms. The van der Waals surface area contributed by atoms with E-state index in [1.165, 1.54) is 28.8 Å². The molecule has 2 aromatic heterocycles. The highest BCUT2D eigenvalue weighted by Crippen LogP contribution is 2.26. The molecule has 5 rings (SSSR count). The Bertz CT molecular complexity index is 1390. The fraction of sp³-hybridized carbons (Fsp3) is 0.200. The number of anilines is 1. The van der Waals surface area contributed by atoms with Crippen LogP contribution in [-0.2, 0) is 10.0 Å². The van der Waals surface area contributed by atoms with Gasteiger partial charge < -0.3 is 4.90 Å². The van der Waals surface area contributed by atoms with Crippen LogP contribution >= 0.6 is 11.6 Å². The summed E-state index contributed by atoms with van der Waals surface area (Å²) in [6, 6.07) is 12.5. The number of rotatable bonds is 4. The van der Waals surface area contributed by atoms with E-state index in [0.717, 1.165) is 11.8 Å². The zero-order chi connectivity index (χ0) is 22.3. The minimum absolute atomic E-state index is 0.188. The largest absolute Gasteiger partial charge is 0.352 e. The van der Waals surface area contributed by atoms with Crippen LogP contribution in [0.1, 0.15) is 0 Å². The summed E-state index contributed by atoms with van der Waals surface area (Å²) in [5.74, 6) is -0.190. The Kier molecular flexibility index (Phi) is 5.24. The third-order valence-corrected chi connectivity index (χ3v) is 7.47. The lowest BCUT2D eigenvalue weighted by Crippen LogP contribution is -2.49. The SMILES string of the molecule is O=S(=O)(c1ccccc1F)N1CCN(c2ncnc3c2nnn3-c2ccc(Cl)cc2)CC1. The molecule has 9 nitrogen and oxygen atoms in total. The van der Waals surface area contributed by atoms with Gasteiger partial charge in [-0.2, -0.15) is 8.99 Å². The Morgan fingerprint density at radius 2 is 1.66 bits per heavy atom. The monoisotopic (exact) mass is 473 g/mol. The van der Waals surface area contributed by atoms with Gasteiger partial charge in [0.1, 0.15) is 17.0 Å². The highest BCUT2D eigenvalue weighted by Gasteiger charge is 2.31. The third-order valence-electron chi connectivity index (χ3n) is 5.28. The van der Waals surface area contributed by atoms with Crippen molar-refractivity contribution in [1.29, 1.82) is 0 Å². The van der Waals surface area contributed by atoms with Gasteiger partial charge in [-0.3, -0.25) is 0 Å². The maximum absolute atomic E-state index is 14.1. The van der Waals surface area contributed by atoms with E-state index >= 15 is 0 Å². The molecule has 0 bridgehead atoms. The number of fused-ring (bicyclic) bond motifs is 1. The molecular formula is C20H17ClFN7O2S. The second kappa shape index (κ2) is 8.08. The molecule has 0 radical (unpaired) electrons. The van der Waals surface area contributed by atoms with Crippen LogP contribution in [0, 0.1) is 5.82 Å². The van der Waals surface area contributed by atoms with Crippen LogP contribution in [0.25, 0.3) is 16.9 Å². The Morgan fingerprint density at radius 3 is 2.38 bits per heavy atom. The number of hydrogen-bond acceptors (Lipinski definition) is 7. The van der Waals surface area contributed by atoms with Gasteiger partial charge in [0.05, 0.1) is 5.69 Å². The summed E-state index contributed by atoms with van der Waals surface area (Å²) < 4.78 is 42.6. The summed E-state index contributed by atoms with van der Waals surface area (Å²) in [4.78, 5) is 10.3. The molecule has 0 amide bonds. The van der Waals surface area contributed by atoms with Gasteiger partial charge in [0.2, 0.25) is 10.0 Å². The lowest BCUT2D eigenvalue weighted by Gasteiger charge is -2.34. The topological polar surface area (TPSA) is 97.1 Å². The van der Waals surface area contributed by atoms with Crippen LogP contribution in [0.15, 0.2) is 59.8 Å². The predicted octanol–water partition coefficient (Wildman–Crippen LogP) is 2.51. The van der Waals surface area contributed by atoms with Crippen LogP contribution in [0.5, 0.6) is 0 Å². The van der Waals surface area contributed by atoms with E-state index in [-0.39, 0.29) is 18.0 Å². The normalized spacial score (nSPS) is 15.4. The van der Waals surface area contributed by atoms with Crippen LogP contribution in [-0.4, -0.2) is 63.9 Å². The smallest absolute Gasteiger partial charge is 0.246 e. The molecule has 164 valence electrons. The van der Waals surface area contributed by atoms with Gasteiger partial charge in [-0.1, -0.05) is 28.9 Å². The van der Waals surface area contributed by atoms with Gasteiger partial charge in [0.25, 0.3) is 0 Å². The Balaban J connectivity index is 1.40. The molecule has 1 aliphatic rings. The molecule has 3 heterocycles. The minimum Gasteiger partial charge on any atom is -0.352 e. The second-order valence-corrected chi connectivity index (χ2v) is 9.51. The van der Waals surface area contributed by atoms with E-state index in [9.17, 15) is 12.8 Å². The van der Waals surface area contributed by atoms with Gasteiger partial charge in [0, 0.05) is 31.2 Å². The van der Waals surface area contributed by atoms with Crippen molar-refractivity contribution in [3.8, 4) is 5.69 Å². The minimum atomic E-state index is -3.92. The summed E-state index contributed by atoms with van der Waals surface area (Å²) in [6.07, 6.45) is 1.43. The predicted molar refractivity (Wildman–Crippen MR) is 117 cm³/mol. The van der Waals surface area contributed by atoms with Crippen molar-refractivity contribution in [2.24, 2.45) is 0 Å². The van der Waals surface area contributed by atoms with Gasteiger partial charge in [-0.15, -0.1) is 5.10 Å². The first-order chi connectivity index (χ1) is 15.4. The van der Waals surface area contributed by atoms with Crippen LogP contribution in [0.2, 0.25) is 5.02 Å². The van der Waals surface area contributed by atoms with Crippen molar-refractivity contribution in [3.05, 3.63) is 65.7 Å². The molecular weight excluding hydrogens is 457 g/mol. The fourth-order valence-corrected chi connectivity index (χ4v) is 5.27. The molecule has 4 aromatic rings. The first-order valence-electron chi connectivity index (χ1n) is 9.77. The maximum Gasteiger partial charge on any atom is 0.246 e.